The van der Waals surface area contributed by atoms with Gasteiger partial charge in [-0.1, -0.05) is 25.1 Å². The van der Waals surface area contributed by atoms with Gasteiger partial charge in [0, 0.05) is 25.4 Å². The Labute approximate surface area is 190 Å². The fourth-order valence-electron chi connectivity index (χ4n) is 3.73. The molecule has 3 rings (SSSR count). The zero-order valence-electron chi connectivity index (χ0n) is 18.8. The van der Waals surface area contributed by atoms with Crippen molar-refractivity contribution in [2.75, 3.05) is 51.0 Å². The van der Waals surface area contributed by atoms with E-state index in [2.05, 4.69) is 23.1 Å². The number of hydrogen-bond acceptors (Lipinski definition) is 6. The molecule has 1 aliphatic heterocycles. The van der Waals surface area contributed by atoms with Crippen molar-refractivity contribution in [2.45, 2.75) is 32.6 Å². The number of piperidine rings is 1. The largest absolute Gasteiger partial charge is 0.459 e. The third-order valence-electron chi connectivity index (χ3n) is 5.40. The van der Waals surface area contributed by atoms with Crippen molar-refractivity contribution in [3.05, 3.63) is 47.5 Å². The molecule has 6 nitrogen and oxygen atoms in total. The molecule has 0 atom stereocenters. The van der Waals surface area contributed by atoms with Crippen LogP contribution in [-0.2, 0) is 19.0 Å². The van der Waals surface area contributed by atoms with E-state index in [1.165, 1.54) is 24.9 Å². The molecular weight excluding hydrogens is 404 g/mol. The van der Waals surface area contributed by atoms with Crippen LogP contribution in [-0.4, -0.2) is 52.1 Å². The minimum Gasteiger partial charge on any atom is -0.459 e. The van der Waals surface area contributed by atoms with Gasteiger partial charge in [-0.05, 0) is 66.3 Å². The van der Waals surface area contributed by atoms with Crippen LogP contribution in [0.1, 0.15) is 38.2 Å². The molecule has 0 spiro atoms. The summed E-state index contributed by atoms with van der Waals surface area (Å²) in [6.45, 7) is 6.32. The van der Waals surface area contributed by atoms with Crippen LogP contribution in [0.15, 0.2) is 42.0 Å². The third-order valence-corrected chi connectivity index (χ3v) is 5.40. The number of carbonyl (C=O) groups is 1. The second-order valence-corrected chi connectivity index (χ2v) is 7.87. The second kappa shape index (κ2) is 12.8. The molecule has 0 N–H and O–H groups in total. The highest BCUT2D eigenvalue weighted by atomic mass is 16.6. The van der Waals surface area contributed by atoms with Crippen LogP contribution in [0.25, 0.3) is 16.8 Å². The summed E-state index contributed by atoms with van der Waals surface area (Å²) >= 11 is 0. The van der Waals surface area contributed by atoms with Crippen molar-refractivity contribution in [3.63, 3.8) is 0 Å². The average Bonchev–Trinajstić information content (AvgIpc) is 2.84. The summed E-state index contributed by atoms with van der Waals surface area (Å²) < 4.78 is 15.8. The minimum atomic E-state index is -0.640. The van der Waals surface area contributed by atoms with Gasteiger partial charge in [-0.15, -0.1) is 0 Å². The van der Waals surface area contributed by atoms with Gasteiger partial charge in [-0.25, -0.2) is 4.79 Å². The Bertz CT molecular complexity index is 958. The molecule has 0 aliphatic carbocycles. The van der Waals surface area contributed by atoms with Crippen molar-refractivity contribution in [2.24, 2.45) is 0 Å². The number of benzene rings is 2. The first-order valence-electron chi connectivity index (χ1n) is 11.4. The number of fused-ring (bicyclic) bond motifs is 1. The quantitative estimate of drug-likeness (QED) is 0.220. The predicted octanol–water partition coefficient (Wildman–Crippen LogP) is 4.72. The molecule has 0 amide bonds. The second-order valence-electron chi connectivity index (χ2n) is 7.87. The summed E-state index contributed by atoms with van der Waals surface area (Å²) in [5.41, 5.74) is 2.02. The van der Waals surface area contributed by atoms with E-state index in [1.807, 2.05) is 31.2 Å². The van der Waals surface area contributed by atoms with Crippen LogP contribution in [0.5, 0.6) is 0 Å². The lowest BCUT2D eigenvalue weighted by Gasteiger charge is -2.29. The Hall–Kier alpha value is -2.88. The Morgan fingerprint density at radius 2 is 1.66 bits per heavy atom. The van der Waals surface area contributed by atoms with E-state index in [4.69, 9.17) is 14.2 Å². The number of ether oxygens (including phenoxy) is 3. The van der Waals surface area contributed by atoms with Gasteiger partial charge < -0.3 is 19.1 Å². The number of carbonyl (C=O) groups excluding carboxylic acids is 1. The van der Waals surface area contributed by atoms with Crippen molar-refractivity contribution in [3.8, 4) is 6.07 Å². The van der Waals surface area contributed by atoms with Gasteiger partial charge in [-0.3, -0.25) is 0 Å². The van der Waals surface area contributed by atoms with Gasteiger partial charge in [0.2, 0.25) is 0 Å². The Morgan fingerprint density at radius 1 is 0.969 bits per heavy atom. The van der Waals surface area contributed by atoms with Crippen molar-refractivity contribution < 1.29 is 19.0 Å². The van der Waals surface area contributed by atoms with Crippen LogP contribution in [0, 0.1) is 11.3 Å². The lowest BCUT2D eigenvalue weighted by atomic mass is 10.0. The summed E-state index contributed by atoms with van der Waals surface area (Å²) in [7, 11) is 0. The summed E-state index contributed by atoms with van der Waals surface area (Å²) in [6, 6.07) is 14.3. The first-order chi connectivity index (χ1) is 15.7. The number of rotatable bonds is 11. The van der Waals surface area contributed by atoms with Gasteiger partial charge in [0.15, 0.2) is 0 Å². The fourth-order valence-corrected chi connectivity index (χ4v) is 3.73. The molecule has 0 radical (unpaired) electrons. The fraction of sp³-hybridized carbons (Fsp3) is 0.462. The maximum Gasteiger partial charge on any atom is 0.348 e. The summed E-state index contributed by atoms with van der Waals surface area (Å²) in [4.78, 5) is 14.7. The topological polar surface area (TPSA) is 71.8 Å². The first kappa shape index (κ1) is 23.8. The van der Waals surface area contributed by atoms with E-state index >= 15 is 0 Å². The van der Waals surface area contributed by atoms with Gasteiger partial charge in [-0.2, -0.15) is 5.26 Å². The molecule has 32 heavy (non-hydrogen) atoms. The lowest BCUT2D eigenvalue weighted by Crippen LogP contribution is -2.29. The summed E-state index contributed by atoms with van der Waals surface area (Å²) in [6.07, 6.45) is 6.34. The van der Waals surface area contributed by atoms with Crippen LogP contribution >= 0.6 is 0 Å². The van der Waals surface area contributed by atoms with E-state index in [1.54, 1.807) is 6.08 Å². The molecule has 0 bridgehead atoms. The van der Waals surface area contributed by atoms with Gasteiger partial charge in [0.05, 0.1) is 19.8 Å². The zero-order valence-corrected chi connectivity index (χ0v) is 18.8. The highest BCUT2D eigenvalue weighted by molar-refractivity contribution is 5.98. The maximum atomic E-state index is 12.2. The predicted molar refractivity (Wildman–Crippen MR) is 126 cm³/mol. The van der Waals surface area contributed by atoms with Crippen LogP contribution in [0.2, 0.25) is 0 Å². The maximum absolute atomic E-state index is 12.2. The molecule has 1 heterocycles. The third kappa shape index (κ3) is 7.08. The Kier molecular flexibility index (Phi) is 9.55. The molecule has 0 unspecified atom stereocenters. The summed E-state index contributed by atoms with van der Waals surface area (Å²) in [5.74, 6) is -0.640. The standard InChI is InChI=1S/C26H32N2O4/c1-2-12-30-13-14-31-15-16-32-26(29)24(20-27)18-21-6-7-23-19-25(9-8-22(23)17-21)28-10-4-3-5-11-28/h6-9,17-19H,2-5,10-16H2,1H3/b24-18+. The number of hydrogen-bond donors (Lipinski definition) is 0. The number of nitriles is 1. The van der Waals surface area contributed by atoms with Crippen LogP contribution < -0.4 is 4.90 Å². The van der Waals surface area contributed by atoms with E-state index in [0.29, 0.717) is 19.8 Å². The molecule has 2 aromatic carbocycles. The minimum absolute atomic E-state index is 0.0273. The smallest absolute Gasteiger partial charge is 0.348 e. The van der Waals surface area contributed by atoms with Gasteiger partial charge >= 0.3 is 5.97 Å². The van der Waals surface area contributed by atoms with E-state index in [9.17, 15) is 10.1 Å². The molecule has 1 fully saturated rings. The lowest BCUT2D eigenvalue weighted by molar-refractivity contribution is -0.140. The highest BCUT2D eigenvalue weighted by Gasteiger charge is 2.13. The molecule has 0 saturated carbocycles. The Morgan fingerprint density at radius 3 is 2.41 bits per heavy atom. The van der Waals surface area contributed by atoms with Crippen molar-refractivity contribution >= 4 is 28.5 Å². The van der Waals surface area contributed by atoms with Crippen LogP contribution in [0.3, 0.4) is 0 Å². The molecule has 1 aliphatic rings. The molecule has 1 saturated heterocycles. The van der Waals surface area contributed by atoms with Crippen LogP contribution in [0.4, 0.5) is 5.69 Å². The Balaban J connectivity index is 1.55. The van der Waals surface area contributed by atoms with Crippen molar-refractivity contribution in [1.29, 1.82) is 5.26 Å². The zero-order chi connectivity index (χ0) is 22.6. The molecule has 6 heteroatoms. The molecule has 170 valence electrons. The van der Waals surface area contributed by atoms with E-state index < -0.39 is 5.97 Å². The van der Waals surface area contributed by atoms with E-state index in [-0.39, 0.29) is 18.8 Å². The SMILES string of the molecule is CCCOCCOCCOC(=O)/C(C#N)=C/c1ccc2cc(N3CCCCC3)ccc2c1. The molecule has 0 aromatic heterocycles. The van der Waals surface area contributed by atoms with Gasteiger partial charge in [0.1, 0.15) is 18.2 Å². The number of esters is 1. The number of anilines is 1. The normalized spacial score (nSPS) is 14.4. The average molecular weight is 437 g/mol. The first-order valence-corrected chi connectivity index (χ1v) is 11.4. The number of nitrogens with zero attached hydrogens (tertiary/aromatic N) is 2. The van der Waals surface area contributed by atoms with E-state index in [0.717, 1.165) is 35.8 Å². The monoisotopic (exact) mass is 436 g/mol. The highest BCUT2D eigenvalue weighted by Crippen LogP contribution is 2.26. The van der Waals surface area contributed by atoms with Gasteiger partial charge in [0.25, 0.3) is 0 Å². The molecule has 2 aromatic rings. The van der Waals surface area contributed by atoms with Crippen molar-refractivity contribution in [1.82, 2.24) is 0 Å². The molecular formula is C26H32N2O4. The summed E-state index contributed by atoms with van der Waals surface area (Å²) in [5, 5.41) is 11.6.